The number of carbonyl (C=O) groups is 4. The molecule has 0 radical (unpaired) electrons. The number of hydrogen-bond donors (Lipinski definition) is 2. The Morgan fingerprint density at radius 2 is 1.78 bits per heavy atom. The number of ether oxygens (including phenoxy) is 1. The van der Waals surface area contributed by atoms with Crippen LogP contribution < -0.4 is 69.2 Å². The fourth-order valence-corrected chi connectivity index (χ4v) is 6.83. The van der Waals surface area contributed by atoms with Gasteiger partial charge in [-0.3, -0.25) is 14.4 Å². The normalized spacial score (nSPS) is 23.4. The number of carboxylic acid groups (broad SMARTS) is 1. The zero-order valence-corrected chi connectivity index (χ0v) is 26.2. The van der Waals surface area contributed by atoms with Crippen LogP contribution in [0.5, 0.6) is 5.75 Å². The van der Waals surface area contributed by atoms with Crippen molar-refractivity contribution >= 4 is 35.5 Å². The number of carboxylic acids is 1. The molecule has 2 heterocycles. The number of β-lactam (4-membered cyclic amide) rings is 1. The van der Waals surface area contributed by atoms with Crippen molar-refractivity contribution in [1.82, 2.24) is 10.2 Å². The molecule has 0 aromatic heterocycles. The number of nitrogens with zero attached hydrogens (tertiary/aromatic N) is 1. The van der Waals surface area contributed by atoms with E-state index in [0.29, 0.717) is 11.3 Å². The maximum atomic E-state index is 13.4. The van der Waals surface area contributed by atoms with Crippen LogP contribution in [0.1, 0.15) is 45.7 Å². The van der Waals surface area contributed by atoms with E-state index in [4.69, 9.17) is 4.74 Å². The van der Waals surface area contributed by atoms with Crippen molar-refractivity contribution < 1.29 is 91.0 Å². The van der Waals surface area contributed by atoms with Gasteiger partial charge in [-0.1, -0.05) is 36.4 Å². The number of amides is 2. The molecule has 3 aliphatic rings. The fourth-order valence-electron chi connectivity index (χ4n) is 5.21. The number of aryl methyl sites for hydroxylation is 2. The van der Waals surface area contributed by atoms with Crippen molar-refractivity contribution in [2.75, 3.05) is 0 Å². The minimum absolute atomic E-state index is 0. The molecule has 2 aromatic rings. The zero-order valence-electron chi connectivity index (χ0n) is 23.4. The number of hydrogen-bond acceptors (Lipinski definition) is 6. The number of carbonyl (C=O) groups excluding carboxylic acids is 3. The van der Waals surface area contributed by atoms with Gasteiger partial charge >= 0.3 is 71.1 Å². The Labute approximate surface area is 266 Å². The third-order valence-corrected chi connectivity index (χ3v) is 8.46. The van der Waals surface area contributed by atoms with E-state index in [9.17, 15) is 24.3 Å². The smallest absolute Gasteiger partial charge is 1.00 e. The van der Waals surface area contributed by atoms with E-state index in [1.165, 1.54) is 22.2 Å². The van der Waals surface area contributed by atoms with E-state index in [1.807, 2.05) is 12.1 Å². The molecule has 186 valence electrons. The van der Waals surface area contributed by atoms with Crippen LogP contribution in [0, 0.1) is 0 Å². The van der Waals surface area contributed by atoms with Crippen molar-refractivity contribution in [2.24, 2.45) is 0 Å². The Hall–Kier alpha value is -1.33. The predicted octanol–water partition coefficient (Wildman–Crippen LogP) is -3.27. The first-order valence-electron chi connectivity index (χ1n) is 11.6. The van der Waals surface area contributed by atoms with Crippen LogP contribution in [0.3, 0.4) is 0 Å². The topological polar surface area (TPSA) is 113 Å². The summed E-state index contributed by atoms with van der Waals surface area (Å²) in [5.41, 5.74) is 2.83. The Kier molecular flexibility index (Phi) is 9.65. The summed E-state index contributed by atoms with van der Waals surface area (Å²) in [7, 11) is 0. The average molecular weight is 543 g/mol. The minimum Gasteiger partial charge on any atom is -1.00 e. The van der Waals surface area contributed by atoms with Crippen LogP contribution >= 0.6 is 11.8 Å². The van der Waals surface area contributed by atoms with E-state index in [0.717, 1.165) is 24.8 Å². The van der Waals surface area contributed by atoms with Crippen LogP contribution in [0.4, 0.5) is 0 Å². The van der Waals surface area contributed by atoms with E-state index in [-0.39, 0.29) is 62.0 Å². The molecule has 0 bridgehead atoms. The third-order valence-electron chi connectivity index (χ3n) is 6.89. The molecule has 1 aliphatic carbocycles. The summed E-state index contributed by atoms with van der Waals surface area (Å²) in [6.45, 7) is 3.53. The molecular weight excluding hydrogens is 514 g/mol. The van der Waals surface area contributed by atoms with E-state index >= 15 is 0 Å². The first-order valence-corrected chi connectivity index (χ1v) is 12.5. The van der Waals surface area contributed by atoms with Gasteiger partial charge in [-0.05, 0) is 61.9 Å². The van der Waals surface area contributed by atoms with Gasteiger partial charge in [0.2, 0.25) is 11.8 Å². The molecule has 2 aromatic carbocycles. The van der Waals surface area contributed by atoms with E-state index in [2.05, 4.69) is 5.32 Å². The van der Waals surface area contributed by atoms with Gasteiger partial charge < -0.3 is 22.9 Å². The maximum absolute atomic E-state index is 13.4. The second-order valence-electron chi connectivity index (χ2n) is 9.63. The Balaban J connectivity index is 0.00000190. The molecule has 2 fully saturated rings. The number of benzene rings is 2. The molecule has 0 spiro atoms. The van der Waals surface area contributed by atoms with E-state index in [1.54, 1.807) is 50.2 Å². The molecule has 0 saturated carbocycles. The molecule has 1 unspecified atom stereocenters. The van der Waals surface area contributed by atoms with Crippen LogP contribution in [-0.2, 0) is 32.0 Å². The second-order valence-corrected chi connectivity index (χ2v) is 11.4. The van der Waals surface area contributed by atoms with E-state index < -0.39 is 51.9 Å². The second kappa shape index (κ2) is 11.8. The molecule has 2 saturated heterocycles. The van der Waals surface area contributed by atoms with Crippen LogP contribution in [0.15, 0.2) is 48.5 Å². The van der Waals surface area contributed by atoms with Crippen molar-refractivity contribution in [2.45, 2.75) is 61.2 Å². The number of rotatable bonds is 6. The Morgan fingerprint density at radius 3 is 2.46 bits per heavy atom. The molecule has 2 aliphatic heterocycles. The summed E-state index contributed by atoms with van der Waals surface area (Å²) in [6, 6.07) is 12.2. The predicted molar refractivity (Wildman–Crippen MR) is 131 cm³/mol. The van der Waals surface area contributed by atoms with Gasteiger partial charge in [-0.15, -0.1) is 11.8 Å². The summed E-state index contributed by atoms with van der Waals surface area (Å²) >= 11 is 1.33. The summed E-state index contributed by atoms with van der Waals surface area (Å²) in [6.07, 6.45) is 2.99. The van der Waals surface area contributed by atoms with Crippen molar-refractivity contribution in [3.63, 3.8) is 0 Å². The van der Waals surface area contributed by atoms with Crippen molar-refractivity contribution in [3.8, 4) is 5.75 Å². The number of aliphatic carboxylic acids is 1. The molecular formula is C26H28N2Na2O6S. The minimum atomic E-state index is -1.28. The third kappa shape index (κ3) is 5.69. The van der Waals surface area contributed by atoms with Crippen molar-refractivity contribution in [1.29, 1.82) is 0 Å². The van der Waals surface area contributed by atoms with Gasteiger partial charge in [-0.25, -0.2) is 4.79 Å². The monoisotopic (exact) mass is 542 g/mol. The number of nitrogens with one attached hydrogen (secondary N) is 1. The summed E-state index contributed by atoms with van der Waals surface area (Å²) in [5.74, 6) is -3.83. The molecule has 11 heteroatoms. The Morgan fingerprint density at radius 1 is 1.11 bits per heavy atom. The van der Waals surface area contributed by atoms with Crippen molar-refractivity contribution in [3.05, 3.63) is 65.2 Å². The Bertz CT molecular complexity index is 1240. The molecule has 37 heavy (non-hydrogen) atoms. The number of esters is 1. The largest absolute Gasteiger partial charge is 1.00 e. The number of fused-ring (bicyclic) bond motifs is 2. The summed E-state index contributed by atoms with van der Waals surface area (Å²) in [5, 5.41) is 11.8. The first-order chi connectivity index (χ1) is 16.7. The average Bonchev–Trinajstić information content (AvgIpc) is 3.38. The van der Waals surface area contributed by atoms with Crippen LogP contribution in [0.2, 0.25) is 0 Å². The van der Waals surface area contributed by atoms with Gasteiger partial charge in [0.25, 0.3) is 0 Å². The molecule has 2 amide bonds. The molecule has 5 rings (SSSR count). The standard InChI is InChI=1S/C26H26N2O6S.2Na.2H/c1-26(2)20(24(31)32)28-22(30)19(23(28)35-26)27-21(29)18(15-7-4-3-5-8-15)25(33)34-17-12-11-14-9-6-10-16(14)13-17;;;;/h3-5,7-8,11-13,18-20,23H,6,9-10H2,1-2H3,(H,27,29)(H,31,32);;;;/q;2*+1;2*-1/t18?,19-,20+,23-;;;;/m1..../s1. The van der Waals surface area contributed by atoms with Crippen LogP contribution in [0.25, 0.3) is 0 Å². The van der Waals surface area contributed by atoms with Gasteiger partial charge in [0.15, 0.2) is 5.92 Å². The summed E-state index contributed by atoms with van der Waals surface area (Å²) < 4.78 is 4.92. The van der Waals surface area contributed by atoms with Gasteiger partial charge in [0.1, 0.15) is 23.2 Å². The van der Waals surface area contributed by atoms with Crippen LogP contribution in [-0.4, -0.2) is 56.0 Å². The molecule has 8 nitrogen and oxygen atoms in total. The first kappa shape index (κ1) is 30.2. The SMILES string of the molecule is CC1(C)S[C@@H]2[C@H](NC(=O)C(C(=O)Oc3ccc4c(c3)CCC4)c3ccccc3)C(=O)N2[C@H]1C(=O)O.[H-].[H-].[Na+].[Na+]. The zero-order chi connectivity index (χ0) is 24.9. The van der Waals surface area contributed by atoms with Gasteiger partial charge in [0.05, 0.1) is 0 Å². The molecule has 2 N–H and O–H groups in total. The summed E-state index contributed by atoms with van der Waals surface area (Å²) in [4.78, 5) is 52.5. The fraction of sp³-hybridized carbons (Fsp3) is 0.385. The van der Waals surface area contributed by atoms with Gasteiger partial charge in [-0.2, -0.15) is 0 Å². The maximum Gasteiger partial charge on any atom is 1.00 e. The quantitative estimate of drug-likeness (QED) is 0.130. The van der Waals surface area contributed by atoms with Gasteiger partial charge in [0, 0.05) is 4.75 Å². The molecule has 4 atom stereocenters. The number of thioether (sulfide) groups is 1.